The summed E-state index contributed by atoms with van der Waals surface area (Å²) in [5, 5.41) is 7.76. The average Bonchev–Trinajstić information content (AvgIpc) is 2.70. The summed E-state index contributed by atoms with van der Waals surface area (Å²) in [5.41, 5.74) is 5.37. The van der Waals surface area contributed by atoms with Crippen LogP contribution in [-0.4, -0.2) is 7.05 Å². The van der Waals surface area contributed by atoms with Gasteiger partial charge in [0.1, 0.15) is 0 Å². The van der Waals surface area contributed by atoms with Crippen molar-refractivity contribution in [2.75, 3.05) is 7.05 Å². The van der Waals surface area contributed by atoms with Crippen molar-refractivity contribution in [3.63, 3.8) is 0 Å². The Morgan fingerprint density at radius 3 is 2.29 bits per heavy atom. The van der Waals surface area contributed by atoms with E-state index in [4.69, 9.17) is 0 Å². The monoisotopic (exact) mass is 309 g/mol. The fourth-order valence-electron chi connectivity index (χ4n) is 2.24. The van der Waals surface area contributed by atoms with Crippen LogP contribution in [0, 0.1) is 13.8 Å². The molecule has 2 aromatic rings. The highest BCUT2D eigenvalue weighted by Gasteiger charge is 2.19. The van der Waals surface area contributed by atoms with E-state index in [1.165, 1.54) is 26.7 Å². The Morgan fingerprint density at radius 1 is 1.18 bits per heavy atom. The Bertz CT molecular complexity index is 498. The highest BCUT2D eigenvalue weighted by Crippen LogP contribution is 2.34. The fourth-order valence-corrected chi connectivity index (χ4v) is 3.79. The van der Waals surface area contributed by atoms with Crippen LogP contribution >= 0.6 is 27.3 Å². The SMILES string of the molecule is CNC(c1cscc1Br)c1c(C)cccc1C. The molecule has 0 spiro atoms. The highest BCUT2D eigenvalue weighted by molar-refractivity contribution is 9.10. The Balaban J connectivity index is 2.53. The number of benzene rings is 1. The summed E-state index contributed by atoms with van der Waals surface area (Å²) in [5.74, 6) is 0. The van der Waals surface area contributed by atoms with Gasteiger partial charge in [-0.25, -0.2) is 0 Å². The lowest BCUT2D eigenvalue weighted by atomic mass is 9.93. The molecule has 0 amide bonds. The van der Waals surface area contributed by atoms with Gasteiger partial charge in [-0.3, -0.25) is 0 Å². The van der Waals surface area contributed by atoms with E-state index >= 15 is 0 Å². The standard InChI is InChI=1S/C14H16BrNS/c1-9-5-4-6-10(2)13(9)14(16-3)11-7-17-8-12(11)15/h4-8,14,16H,1-3H3. The van der Waals surface area contributed by atoms with Gasteiger partial charge in [0.25, 0.3) is 0 Å². The van der Waals surface area contributed by atoms with Crippen molar-refractivity contribution < 1.29 is 0 Å². The third kappa shape index (κ3) is 2.46. The van der Waals surface area contributed by atoms with Gasteiger partial charge in [0.2, 0.25) is 0 Å². The van der Waals surface area contributed by atoms with E-state index in [1.54, 1.807) is 11.3 Å². The smallest absolute Gasteiger partial charge is 0.0598 e. The molecule has 1 aromatic carbocycles. The van der Waals surface area contributed by atoms with Crippen molar-refractivity contribution in [2.24, 2.45) is 0 Å². The zero-order chi connectivity index (χ0) is 12.4. The third-order valence-corrected chi connectivity index (χ3v) is 4.82. The van der Waals surface area contributed by atoms with E-state index < -0.39 is 0 Å². The lowest BCUT2D eigenvalue weighted by Crippen LogP contribution is -2.19. The van der Waals surface area contributed by atoms with Crippen LogP contribution in [0.3, 0.4) is 0 Å². The van der Waals surface area contributed by atoms with Crippen molar-refractivity contribution in [1.29, 1.82) is 0 Å². The molecule has 3 heteroatoms. The van der Waals surface area contributed by atoms with Gasteiger partial charge < -0.3 is 5.32 Å². The van der Waals surface area contributed by atoms with Crippen LogP contribution in [0.25, 0.3) is 0 Å². The number of rotatable bonds is 3. The van der Waals surface area contributed by atoms with E-state index in [0.29, 0.717) is 0 Å². The second kappa shape index (κ2) is 5.34. The molecule has 0 bridgehead atoms. The molecule has 0 saturated carbocycles. The van der Waals surface area contributed by atoms with Crippen molar-refractivity contribution in [3.8, 4) is 0 Å². The van der Waals surface area contributed by atoms with Crippen LogP contribution in [0.4, 0.5) is 0 Å². The Hall–Kier alpha value is -0.640. The van der Waals surface area contributed by atoms with Crippen molar-refractivity contribution in [3.05, 3.63) is 55.7 Å². The number of nitrogens with one attached hydrogen (secondary N) is 1. The molecule has 17 heavy (non-hydrogen) atoms. The zero-order valence-electron chi connectivity index (χ0n) is 10.3. The molecule has 0 aliphatic rings. The predicted octanol–water partition coefficient (Wildman–Crippen LogP) is 4.44. The fraction of sp³-hybridized carbons (Fsp3) is 0.286. The molecule has 1 aromatic heterocycles. The van der Waals surface area contributed by atoms with E-state index in [9.17, 15) is 0 Å². The first-order valence-electron chi connectivity index (χ1n) is 5.60. The van der Waals surface area contributed by atoms with Crippen LogP contribution < -0.4 is 5.32 Å². The Kier molecular flexibility index (Phi) is 4.02. The zero-order valence-corrected chi connectivity index (χ0v) is 12.7. The van der Waals surface area contributed by atoms with Crippen LogP contribution in [0.2, 0.25) is 0 Å². The van der Waals surface area contributed by atoms with E-state index in [2.05, 4.69) is 64.1 Å². The molecular formula is C14H16BrNS. The predicted molar refractivity (Wildman–Crippen MR) is 78.8 cm³/mol. The molecule has 0 radical (unpaired) electrons. The van der Waals surface area contributed by atoms with Crippen molar-refractivity contribution in [1.82, 2.24) is 5.32 Å². The second-order valence-electron chi connectivity index (χ2n) is 4.20. The van der Waals surface area contributed by atoms with Gasteiger partial charge in [-0.05, 0) is 64.5 Å². The normalized spacial score (nSPS) is 12.7. The minimum absolute atomic E-state index is 0.261. The molecular weight excluding hydrogens is 294 g/mol. The first-order chi connectivity index (χ1) is 8.15. The average molecular weight is 310 g/mol. The van der Waals surface area contributed by atoms with Crippen LogP contribution in [-0.2, 0) is 0 Å². The number of aryl methyl sites for hydroxylation is 2. The van der Waals surface area contributed by atoms with Crippen molar-refractivity contribution >= 4 is 27.3 Å². The Labute approximate surface area is 115 Å². The van der Waals surface area contributed by atoms with Gasteiger partial charge in [0.15, 0.2) is 0 Å². The summed E-state index contributed by atoms with van der Waals surface area (Å²) in [6.07, 6.45) is 0. The summed E-state index contributed by atoms with van der Waals surface area (Å²) in [6, 6.07) is 6.72. The number of thiophene rings is 1. The minimum Gasteiger partial charge on any atom is -0.309 e. The number of halogens is 1. The van der Waals surface area contributed by atoms with Gasteiger partial charge >= 0.3 is 0 Å². The third-order valence-electron chi connectivity index (χ3n) is 3.07. The lowest BCUT2D eigenvalue weighted by molar-refractivity contribution is 0.683. The molecule has 1 unspecified atom stereocenters. The van der Waals surface area contributed by atoms with Crippen LogP contribution in [0.1, 0.15) is 28.3 Å². The Morgan fingerprint density at radius 2 is 1.82 bits per heavy atom. The molecule has 1 nitrogen and oxygen atoms in total. The summed E-state index contributed by atoms with van der Waals surface area (Å²) in [4.78, 5) is 0. The minimum atomic E-state index is 0.261. The molecule has 0 fully saturated rings. The van der Waals surface area contributed by atoms with E-state index in [1.807, 2.05) is 7.05 Å². The van der Waals surface area contributed by atoms with Gasteiger partial charge in [-0.15, -0.1) is 0 Å². The summed E-state index contributed by atoms with van der Waals surface area (Å²) in [7, 11) is 2.01. The number of hydrogen-bond acceptors (Lipinski definition) is 2. The molecule has 1 N–H and O–H groups in total. The van der Waals surface area contributed by atoms with Crippen LogP contribution in [0.15, 0.2) is 33.4 Å². The maximum atomic E-state index is 3.62. The summed E-state index contributed by atoms with van der Waals surface area (Å²) >= 11 is 5.35. The first-order valence-corrected chi connectivity index (χ1v) is 7.33. The topological polar surface area (TPSA) is 12.0 Å². The van der Waals surface area contributed by atoms with Gasteiger partial charge in [0.05, 0.1) is 6.04 Å². The molecule has 2 rings (SSSR count). The molecule has 0 aliphatic heterocycles. The summed E-state index contributed by atoms with van der Waals surface area (Å²) in [6.45, 7) is 4.35. The van der Waals surface area contributed by atoms with Crippen molar-refractivity contribution in [2.45, 2.75) is 19.9 Å². The highest BCUT2D eigenvalue weighted by atomic mass is 79.9. The second-order valence-corrected chi connectivity index (χ2v) is 5.80. The maximum absolute atomic E-state index is 3.62. The van der Waals surface area contributed by atoms with Gasteiger partial charge in [-0.1, -0.05) is 18.2 Å². The first kappa shape index (κ1) is 12.8. The van der Waals surface area contributed by atoms with Gasteiger partial charge in [0, 0.05) is 9.85 Å². The molecule has 90 valence electrons. The van der Waals surface area contributed by atoms with Gasteiger partial charge in [-0.2, -0.15) is 11.3 Å². The number of hydrogen-bond donors (Lipinski definition) is 1. The molecule has 1 heterocycles. The molecule has 1 atom stereocenters. The lowest BCUT2D eigenvalue weighted by Gasteiger charge is -2.21. The summed E-state index contributed by atoms with van der Waals surface area (Å²) < 4.78 is 1.18. The van der Waals surface area contributed by atoms with E-state index in [-0.39, 0.29) is 6.04 Å². The quantitative estimate of drug-likeness (QED) is 0.884. The molecule has 0 saturated heterocycles. The molecule has 0 aliphatic carbocycles. The maximum Gasteiger partial charge on any atom is 0.0598 e. The van der Waals surface area contributed by atoms with Crippen LogP contribution in [0.5, 0.6) is 0 Å². The largest absolute Gasteiger partial charge is 0.309 e. The van der Waals surface area contributed by atoms with E-state index in [0.717, 1.165) is 0 Å².